The zero-order valence-electron chi connectivity index (χ0n) is 14.1. The predicted molar refractivity (Wildman–Crippen MR) is 99.8 cm³/mol. The molecule has 0 bridgehead atoms. The van der Waals surface area contributed by atoms with E-state index in [1.54, 1.807) is 18.2 Å². The molecule has 0 radical (unpaired) electrons. The van der Waals surface area contributed by atoms with E-state index in [9.17, 15) is 14.3 Å². The molecule has 6 heteroatoms. The van der Waals surface area contributed by atoms with Gasteiger partial charge in [0.1, 0.15) is 16.9 Å². The van der Waals surface area contributed by atoms with E-state index >= 15 is 0 Å². The number of rotatable bonds is 4. The Balaban J connectivity index is 1.86. The normalized spacial score (nSPS) is 19.5. The molecule has 2 heterocycles. The number of fused-ring (bicyclic) bond motifs is 1. The fourth-order valence-electron chi connectivity index (χ4n) is 3.69. The van der Waals surface area contributed by atoms with Crippen molar-refractivity contribution < 1.29 is 14.3 Å². The van der Waals surface area contributed by atoms with Crippen molar-refractivity contribution >= 4 is 27.5 Å². The summed E-state index contributed by atoms with van der Waals surface area (Å²) in [6, 6.07) is 13.3. The molecule has 1 fully saturated rings. The van der Waals surface area contributed by atoms with Crippen LogP contribution in [0.5, 0.6) is 0 Å². The first kappa shape index (κ1) is 17.1. The van der Waals surface area contributed by atoms with E-state index in [0.717, 1.165) is 28.1 Å². The number of piperidine rings is 1. The zero-order valence-corrected chi connectivity index (χ0v) is 15.0. The summed E-state index contributed by atoms with van der Waals surface area (Å²) in [5, 5.41) is 10.4. The fourth-order valence-corrected chi connectivity index (χ4v) is 4.79. The highest BCUT2D eigenvalue weighted by molar-refractivity contribution is 7.18. The van der Waals surface area contributed by atoms with Gasteiger partial charge in [-0.15, -0.1) is 11.3 Å². The van der Waals surface area contributed by atoms with Crippen LogP contribution in [-0.2, 0) is 4.79 Å². The van der Waals surface area contributed by atoms with Gasteiger partial charge in [0.15, 0.2) is 0 Å². The van der Waals surface area contributed by atoms with Gasteiger partial charge in [0.2, 0.25) is 0 Å². The molecule has 4 nitrogen and oxygen atoms in total. The molecule has 1 saturated heterocycles. The second-order valence-electron chi connectivity index (χ2n) is 6.53. The Hall–Kier alpha value is -2.31. The van der Waals surface area contributed by atoms with Gasteiger partial charge in [0, 0.05) is 12.1 Å². The van der Waals surface area contributed by atoms with Crippen LogP contribution in [0.4, 0.5) is 4.39 Å². The number of aliphatic carboxylic acids is 1. The molecule has 0 aliphatic carbocycles. The maximum atomic E-state index is 14.7. The third kappa shape index (κ3) is 3.10. The molecule has 1 aromatic heterocycles. The maximum absolute atomic E-state index is 14.7. The van der Waals surface area contributed by atoms with Crippen molar-refractivity contribution in [2.24, 2.45) is 0 Å². The predicted octanol–water partition coefficient (Wildman–Crippen LogP) is 4.46. The highest BCUT2D eigenvalue weighted by Gasteiger charge is 2.37. The van der Waals surface area contributed by atoms with Gasteiger partial charge < -0.3 is 5.11 Å². The maximum Gasteiger partial charge on any atom is 0.320 e. The van der Waals surface area contributed by atoms with Crippen molar-refractivity contribution in [3.05, 3.63) is 64.9 Å². The zero-order chi connectivity index (χ0) is 18.1. The molecule has 2 atom stereocenters. The molecule has 26 heavy (non-hydrogen) atoms. The van der Waals surface area contributed by atoms with Crippen molar-refractivity contribution in [1.29, 1.82) is 0 Å². The number of para-hydroxylation sites is 1. The van der Waals surface area contributed by atoms with E-state index in [1.807, 2.05) is 29.2 Å². The molecule has 1 aliphatic rings. The third-order valence-electron chi connectivity index (χ3n) is 4.91. The highest BCUT2D eigenvalue weighted by Crippen LogP contribution is 2.38. The first-order valence-electron chi connectivity index (χ1n) is 8.73. The summed E-state index contributed by atoms with van der Waals surface area (Å²) in [6.45, 7) is 0.617. The second-order valence-corrected chi connectivity index (χ2v) is 7.59. The third-order valence-corrected chi connectivity index (χ3v) is 5.99. The Morgan fingerprint density at radius 2 is 1.96 bits per heavy atom. The standard InChI is InChI=1S/C20H19FN2O2S/c21-14-8-2-1-7-13(14)18(23-12-6-5-10-16(23)20(24)25)19-22-15-9-3-4-11-17(15)26-19/h1-4,7-9,11,16,18H,5-6,10,12H2,(H,24,25). The highest BCUT2D eigenvalue weighted by atomic mass is 32.1. The Labute approximate surface area is 154 Å². The molecule has 0 amide bonds. The number of thiazole rings is 1. The summed E-state index contributed by atoms with van der Waals surface area (Å²) >= 11 is 1.50. The van der Waals surface area contributed by atoms with Gasteiger partial charge in [-0.1, -0.05) is 36.8 Å². The minimum Gasteiger partial charge on any atom is -0.480 e. The number of halogens is 1. The lowest BCUT2D eigenvalue weighted by molar-refractivity contribution is -0.145. The van der Waals surface area contributed by atoms with Crippen LogP contribution in [0.15, 0.2) is 48.5 Å². The topological polar surface area (TPSA) is 53.4 Å². The SMILES string of the molecule is O=C(O)C1CCCCN1C(c1nc2ccccc2s1)c1ccccc1F. The number of hydrogen-bond acceptors (Lipinski definition) is 4. The van der Waals surface area contributed by atoms with Crippen LogP contribution in [0.25, 0.3) is 10.2 Å². The molecule has 2 aromatic carbocycles. The summed E-state index contributed by atoms with van der Waals surface area (Å²) in [7, 11) is 0. The minimum atomic E-state index is -0.854. The summed E-state index contributed by atoms with van der Waals surface area (Å²) in [6.07, 6.45) is 2.35. The molecule has 1 N–H and O–H groups in total. The fraction of sp³-hybridized carbons (Fsp3) is 0.300. The van der Waals surface area contributed by atoms with Gasteiger partial charge in [0.05, 0.1) is 16.3 Å². The molecular formula is C20H19FN2O2S. The van der Waals surface area contributed by atoms with Crippen molar-refractivity contribution in [3.8, 4) is 0 Å². The molecule has 2 unspecified atom stereocenters. The second kappa shape index (κ2) is 7.13. The number of likely N-dealkylation sites (tertiary alicyclic amines) is 1. The van der Waals surface area contributed by atoms with E-state index < -0.39 is 18.1 Å². The summed E-state index contributed by atoms with van der Waals surface area (Å²) < 4.78 is 15.7. The number of carboxylic acids is 1. The largest absolute Gasteiger partial charge is 0.480 e. The van der Waals surface area contributed by atoms with Gasteiger partial charge >= 0.3 is 5.97 Å². The van der Waals surface area contributed by atoms with Gasteiger partial charge in [-0.3, -0.25) is 9.69 Å². The van der Waals surface area contributed by atoms with Crippen LogP contribution >= 0.6 is 11.3 Å². The number of aromatic nitrogens is 1. The molecule has 1 aliphatic heterocycles. The van der Waals surface area contributed by atoms with Gasteiger partial charge in [-0.05, 0) is 31.0 Å². The molecule has 3 aromatic rings. The number of carboxylic acid groups (broad SMARTS) is 1. The van der Waals surface area contributed by atoms with Crippen LogP contribution in [0.1, 0.15) is 35.9 Å². The number of carbonyl (C=O) groups is 1. The van der Waals surface area contributed by atoms with Crippen LogP contribution in [0.2, 0.25) is 0 Å². The molecule has 0 saturated carbocycles. The summed E-state index contributed by atoms with van der Waals surface area (Å²) in [5.74, 6) is -1.18. The van der Waals surface area contributed by atoms with Crippen LogP contribution < -0.4 is 0 Å². The Morgan fingerprint density at radius 1 is 1.19 bits per heavy atom. The molecule has 134 valence electrons. The van der Waals surface area contributed by atoms with Gasteiger partial charge in [-0.25, -0.2) is 9.37 Å². The van der Waals surface area contributed by atoms with E-state index in [0.29, 0.717) is 18.5 Å². The first-order chi connectivity index (χ1) is 12.6. The van der Waals surface area contributed by atoms with Crippen molar-refractivity contribution in [3.63, 3.8) is 0 Å². The van der Waals surface area contributed by atoms with E-state index in [-0.39, 0.29) is 5.82 Å². The van der Waals surface area contributed by atoms with Crippen molar-refractivity contribution in [1.82, 2.24) is 9.88 Å². The quantitative estimate of drug-likeness (QED) is 0.736. The Bertz CT molecular complexity index is 909. The lowest BCUT2D eigenvalue weighted by atomic mass is 9.96. The van der Waals surface area contributed by atoms with Crippen LogP contribution in [0.3, 0.4) is 0 Å². The van der Waals surface area contributed by atoms with E-state index in [1.165, 1.54) is 17.4 Å². The lowest BCUT2D eigenvalue weighted by Gasteiger charge is -2.38. The molecule has 4 rings (SSSR count). The van der Waals surface area contributed by atoms with Gasteiger partial charge in [0.25, 0.3) is 0 Å². The van der Waals surface area contributed by atoms with E-state index in [2.05, 4.69) is 0 Å². The number of hydrogen-bond donors (Lipinski definition) is 1. The first-order valence-corrected chi connectivity index (χ1v) is 9.55. The number of nitrogens with zero attached hydrogens (tertiary/aromatic N) is 2. The average Bonchev–Trinajstić information content (AvgIpc) is 3.07. The van der Waals surface area contributed by atoms with Crippen LogP contribution in [-0.4, -0.2) is 33.5 Å². The minimum absolute atomic E-state index is 0.327. The Morgan fingerprint density at radius 3 is 2.73 bits per heavy atom. The number of benzene rings is 2. The lowest BCUT2D eigenvalue weighted by Crippen LogP contribution is -2.47. The van der Waals surface area contributed by atoms with Crippen LogP contribution in [0, 0.1) is 5.82 Å². The monoisotopic (exact) mass is 370 g/mol. The van der Waals surface area contributed by atoms with Crippen molar-refractivity contribution in [2.45, 2.75) is 31.3 Å². The molecule has 0 spiro atoms. The summed E-state index contributed by atoms with van der Waals surface area (Å²) in [4.78, 5) is 18.5. The summed E-state index contributed by atoms with van der Waals surface area (Å²) in [5.41, 5.74) is 1.34. The van der Waals surface area contributed by atoms with Crippen molar-refractivity contribution in [2.75, 3.05) is 6.54 Å². The smallest absolute Gasteiger partial charge is 0.320 e. The molecular weight excluding hydrogens is 351 g/mol. The Kier molecular flexibility index (Phi) is 4.70. The van der Waals surface area contributed by atoms with Gasteiger partial charge in [-0.2, -0.15) is 0 Å². The average molecular weight is 370 g/mol. The van der Waals surface area contributed by atoms with E-state index in [4.69, 9.17) is 4.98 Å².